The fraction of sp³-hybridized carbons (Fsp3) is 0.214. The molecule has 1 heterocycles. The average molecular weight is 659 g/mol. The molecule has 3 rings (SSSR count). The van der Waals surface area contributed by atoms with E-state index in [-0.39, 0.29) is 17.4 Å². The van der Waals surface area contributed by atoms with E-state index in [2.05, 4.69) is 43.5 Å². The second kappa shape index (κ2) is 12.5. The standard InChI is InChI=1S/C28H31IN6O3S/c1-15-10-11-17(24(29)25(15)35-27(37)21-12-16-8-6-7-9-20(16)39-21)18(32-4)13-19(26(31)36)34-23(30)14-22(33-5)28(2,3)38/h6-14,33,38H,1-5H3,(H2,30,34)(H2,31,36)(H,35,37)/b19-13+,22-14-,32-18+. The Morgan fingerprint density at radius 1 is 1.18 bits per heavy atom. The number of carbonyl (C=O) groups is 2. The first-order chi connectivity index (χ1) is 18.3. The quantitative estimate of drug-likeness (QED) is 0.0877. The lowest BCUT2D eigenvalue weighted by Gasteiger charge is -2.21. The van der Waals surface area contributed by atoms with Crippen molar-refractivity contribution in [1.82, 2.24) is 10.6 Å². The highest BCUT2D eigenvalue weighted by molar-refractivity contribution is 14.1. The minimum atomic E-state index is -1.22. The van der Waals surface area contributed by atoms with Gasteiger partial charge in [0.2, 0.25) is 0 Å². The van der Waals surface area contributed by atoms with Gasteiger partial charge in [-0.25, -0.2) is 0 Å². The topological polar surface area (TPSA) is 153 Å². The summed E-state index contributed by atoms with van der Waals surface area (Å²) in [5.74, 6) is -1.16. The number of likely N-dealkylation sites (N-methyl/N-ethyl adjacent to an activating group) is 1. The molecule has 7 N–H and O–H groups in total. The van der Waals surface area contributed by atoms with Crippen molar-refractivity contribution in [3.05, 3.63) is 85.6 Å². The molecule has 3 aromatic rings. The molecular weight excluding hydrogens is 627 g/mol. The smallest absolute Gasteiger partial charge is 0.265 e. The Kier molecular flexibility index (Phi) is 9.64. The lowest BCUT2D eigenvalue weighted by Crippen LogP contribution is -2.34. The summed E-state index contributed by atoms with van der Waals surface area (Å²) in [6.45, 7) is 5.05. The van der Waals surface area contributed by atoms with Crippen LogP contribution in [0.3, 0.4) is 0 Å². The van der Waals surface area contributed by atoms with Gasteiger partial charge in [-0.15, -0.1) is 11.3 Å². The average Bonchev–Trinajstić information content (AvgIpc) is 3.31. The van der Waals surface area contributed by atoms with Crippen LogP contribution in [0.2, 0.25) is 0 Å². The van der Waals surface area contributed by atoms with Gasteiger partial charge < -0.3 is 26.8 Å². The lowest BCUT2D eigenvalue weighted by molar-refractivity contribution is -0.114. The number of halogens is 1. The summed E-state index contributed by atoms with van der Waals surface area (Å²) in [6.07, 6.45) is 2.83. The predicted molar refractivity (Wildman–Crippen MR) is 168 cm³/mol. The number of rotatable bonds is 9. The Bertz CT molecular complexity index is 1500. The first-order valence-corrected chi connectivity index (χ1v) is 13.8. The highest BCUT2D eigenvalue weighted by Crippen LogP contribution is 2.30. The van der Waals surface area contributed by atoms with Gasteiger partial charge in [0.05, 0.1) is 21.9 Å². The Hall–Kier alpha value is -3.55. The van der Waals surface area contributed by atoms with Crippen molar-refractivity contribution in [2.75, 3.05) is 19.4 Å². The second-order valence-corrected chi connectivity index (χ2v) is 11.3. The number of nitrogens with two attached hydrogens (primary N) is 1. The fourth-order valence-electron chi connectivity index (χ4n) is 3.74. The van der Waals surface area contributed by atoms with E-state index in [4.69, 9.17) is 11.1 Å². The SMILES string of the molecule is C/N=C(\C=C(\NC(=N)/C=C(\NC)C(C)(C)O)C(N)=O)c1ccc(C)c(NC(=O)c2cc3ccccc3s2)c1I. The van der Waals surface area contributed by atoms with E-state index in [0.29, 0.717) is 27.5 Å². The monoisotopic (exact) mass is 658 g/mol. The molecule has 0 spiro atoms. The molecule has 0 saturated carbocycles. The van der Waals surface area contributed by atoms with Crippen molar-refractivity contribution in [3.8, 4) is 0 Å². The minimum absolute atomic E-state index is 0.0599. The van der Waals surface area contributed by atoms with E-state index in [1.54, 1.807) is 27.9 Å². The highest BCUT2D eigenvalue weighted by Gasteiger charge is 2.20. The predicted octanol–water partition coefficient (Wildman–Crippen LogP) is 4.30. The first-order valence-electron chi connectivity index (χ1n) is 11.9. The summed E-state index contributed by atoms with van der Waals surface area (Å²) in [4.78, 5) is 30.3. The van der Waals surface area contributed by atoms with Gasteiger partial charge in [0.25, 0.3) is 11.8 Å². The molecular formula is C28H31IN6O3S. The molecule has 204 valence electrons. The van der Waals surface area contributed by atoms with Gasteiger partial charge in [0.1, 0.15) is 11.5 Å². The molecule has 1 aromatic heterocycles. The van der Waals surface area contributed by atoms with Gasteiger partial charge in [-0.2, -0.15) is 0 Å². The van der Waals surface area contributed by atoms with Crippen LogP contribution >= 0.6 is 33.9 Å². The van der Waals surface area contributed by atoms with Gasteiger partial charge in [-0.05, 0) is 72.5 Å². The Labute approximate surface area is 244 Å². The largest absolute Gasteiger partial charge is 0.389 e. The van der Waals surface area contributed by atoms with Gasteiger partial charge in [0, 0.05) is 39.7 Å². The zero-order valence-electron chi connectivity index (χ0n) is 22.3. The number of benzene rings is 2. The number of aryl methyl sites for hydroxylation is 1. The summed E-state index contributed by atoms with van der Waals surface area (Å²) >= 11 is 3.57. The molecule has 0 saturated heterocycles. The number of nitrogens with one attached hydrogen (secondary N) is 4. The number of amides is 2. The van der Waals surface area contributed by atoms with Crippen molar-refractivity contribution in [2.45, 2.75) is 26.4 Å². The van der Waals surface area contributed by atoms with Crippen LogP contribution in [0.25, 0.3) is 10.1 Å². The van der Waals surface area contributed by atoms with E-state index in [9.17, 15) is 14.7 Å². The molecule has 0 unspecified atom stereocenters. The van der Waals surface area contributed by atoms with Crippen LogP contribution < -0.4 is 21.7 Å². The number of primary amides is 1. The van der Waals surface area contributed by atoms with Gasteiger partial charge in [-0.3, -0.25) is 20.0 Å². The van der Waals surface area contributed by atoms with E-state index >= 15 is 0 Å². The number of fused-ring (bicyclic) bond motifs is 1. The molecule has 0 aliphatic heterocycles. The third kappa shape index (κ3) is 7.31. The number of hydrogen-bond acceptors (Lipinski definition) is 7. The van der Waals surface area contributed by atoms with E-state index in [0.717, 1.165) is 19.2 Å². The number of amidine groups is 1. The number of allylic oxidation sites excluding steroid dienone is 1. The maximum Gasteiger partial charge on any atom is 0.265 e. The van der Waals surface area contributed by atoms with Gasteiger partial charge in [-0.1, -0.05) is 30.3 Å². The molecule has 2 amide bonds. The molecule has 2 aromatic carbocycles. The molecule has 11 heteroatoms. The number of carbonyl (C=O) groups excluding carboxylic acids is 2. The molecule has 0 aliphatic carbocycles. The molecule has 0 bridgehead atoms. The molecule has 0 atom stereocenters. The zero-order valence-corrected chi connectivity index (χ0v) is 25.2. The van der Waals surface area contributed by atoms with Crippen molar-refractivity contribution in [2.24, 2.45) is 10.7 Å². The number of aliphatic imine (C=N–C) groups is 1. The third-order valence-electron chi connectivity index (χ3n) is 5.79. The fourth-order valence-corrected chi connectivity index (χ4v) is 5.72. The summed E-state index contributed by atoms with van der Waals surface area (Å²) < 4.78 is 1.77. The number of hydrogen-bond donors (Lipinski definition) is 6. The van der Waals surface area contributed by atoms with Crippen LogP contribution in [0, 0.1) is 15.9 Å². The van der Waals surface area contributed by atoms with Crippen LogP contribution in [0.4, 0.5) is 5.69 Å². The summed E-state index contributed by atoms with van der Waals surface area (Å²) in [6, 6.07) is 13.4. The molecule has 0 fully saturated rings. The number of nitrogens with zero attached hydrogens (tertiary/aromatic N) is 1. The van der Waals surface area contributed by atoms with Crippen molar-refractivity contribution < 1.29 is 14.7 Å². The number of anilines is 1. The molecule has 0 aliphatic rings. The highest BCUT2D eigenvalue weighted by atomic mass is 127. The van der Waals surface area contributed by atoms with Crippen LogP contribution in [-0.4, -0.2) is 48.2 Å². The number of thiophene rings is 1. The summed E-state index contributed by atoms with van der Waals surface area (Å²) in [7, 11) is 3.20. The van der Waals surface area contributed by atoms with E-state index in [1.807, 2.05) is 49.4 Å². The van der Waals surface area contributed by atoms with E-state index in [1.165, 1.54) is 23.5 Å². The first kappa shape index (κ1) is 30.0. The molecule has 0 radical (unpaired) electrons. The summed E-state index contributed by atoms with van der Waals surface area (Å²) in [5.41, 5.74) is 7.30. The van der Waals surface area contributed by atoms with Crippen LogP contribution in [0.1, 0.15) is 34.6 Å². The number of aliphatic hydroxyl groups is 1. The van der Waals surface area contributed by atoms with Gasteiger partial charge in [0.15, 0.2) is 0 Å². The Morgan fingerprint density at radius 3 is 2.46 bits per heavy atom. The van der Waals surface area contributed by atoms with Crippen LogP contribution in [0.5, 0.6) is 0 Å². The third-order valence-corrected chi connectivity index (χ3v) is 8.02. The lowest BCUT2D eigenvalue weighted by atomic mass is 10.0. The molecule has 9 nitrogen and oxygen atoms in total. The van der Waals surface area contributed by atoms with Crippen molar-refractivity contribution in [1.29, 1.82) is 5.41 Å². The zero-order chi connectivity index (χ0) is 28.9. The maximum atomic E-state index is 13.1. The van der Waals surface area contributed by atoms with Crippen LogP contribution in [0.15, 0.2) is 71.0 Å². The van der Waals surface area contributed by atoms with Crippen molar-refractivity contribution >= 4 is 73.1 Å². The maximum absolute atomic E-state index is 13.1. The normalized spacial score (nSPS) is 12.8. The van der Waals surface area contributed by atoms with Crippen molar-refractivity contribution in [3.63, 3.8) is 0 Å². The Morgan fingerprint density at radius 2 is 1.87 bits per heavy atom. The summed E-state index contributed by atoms with van der Waals surface area (Å²) in [5, 5.41) is 28.1. The molecule has 39 heavy (non-hydrogen) atoms. The Balaban J connectivity index is 1.93. The second-order valence-electron chi connectivity index (χ2n) is 9.16. The van der Waals surface area contributed by atoms with Crippen LogP contribution in [-0.2, 0) is 4.79 Å². The van der Waals surface area contributed by atoms with Gasteiger partial charge >= 0.3 is 0 Å². The van der Waals surface area contributed by atoms with E-state index < -0.39 is 11.5 Å². The minimum Gasteiger partial charge on any atom is -0.389 e.